The lowest BCUT2D eigenvalue weighted by Gasteiger charge is -2.01. The Morgan fingerprint density at radius 1 is 0.933 bits per heavy atom. The molecule has 1 aromatic heterocycles. The highest BCUT2D eigenvalue weighted by molar-refractivity contribution is 6.31. The average molecular weight is 413 g/mol. The van der Waals surface area contributed by atoms with E-state index in [9.17, 15) is 9.90 Å². The summed E-state index contributed by atoms with van der Waals surface area (Å²) in [6.45, 7) is 0. The number of nitrogens with zero attached hydrogens (tertiary/aromatic N) is 2. The van der Waals surface area contributed by atoms with Crippen LogP contribution in [0.15, 0.2) is 83.9 Å². The summed E-state index contributed by atoms with van der Waals surface area (Å²) in [7, 11) is 0. The standard InChI is InChI=1S/C25H17ClN2O2/c26-20-11-9-18-10-13-21(28-24(18)15-20)12-8-17-4-3-6-22(14-17)27-16-19-5-1-2-7-23(19)25(29)30/h1-16H,(H,29,30)/b12-8?,27-16+. The zero-order valence-corrected chi connectivity index (χ0v) is 16.6. The first-order valence-corrected chi connectivity index (χ1v) is 9.67. The molecule has 0 aliphatic heterocycles. The van der Waals surface area contributed by atoms with Crippen LogP contribution in [0.3, 0.4) is 0 Å². The van der Waals surface area contributed by atoms with Gasteiger partial charge in [0.15, 0.2) is 0 Å². The molecule has 0 amide bonds. The molecule has 0 bridgehead atoms. The maximum atomic E-state index is 11.3. The third-order valence-corrected chi connectivity index (χ3v) is 4.77. The normalized spacial score (nSPS) is 11.5. The zero-order chi connectivity index (χ0) is 20.9. The summed E-state index contributed by atoms with van der Waals surface area (Å²) < 4.78 is 0. The van der Waals surface area contributed by atoms with Crippen molar-refractivity contribution in [2.45, 2.75) is 0 Å². The van der Waals surface area contributed by atoms with Crippen molar-refractivity contribution in [2.75, 3.05) is 0 Å². The van der Waals surface area contributed by atoms with Crippen LogP contribution in [0, 0.1) is 0 Å². The van der Waals surface area contributed by atoms with Crippen molar-refractivity contribution >= 4 is 52.5 Å². The summed E-state index contributed by atoms with van der Waals surface area (Å²) in [6.07, 6.45) is 5.47. The lowest BCUT2D eigenvalue weighted by Crippen LogP contribution is -2.00. The number of carbonyl (C=O) groups is 1. The van der Waals surface area contributed by atoms with Crippen LogP contribution in [0.1, 0.15) is 27.2 Å². The van der Waals surface area contributed by atoms with Crippen molar-refractivity contribution < 1.29 is 9.90 Å². The summed E-state index contributed by atoms with van der Waals surface area (Å²) in [4.78, 5) is 20.4. The van der Waals surface area contributed by atoms with Crippen molar-refractivity contribution in [3.63, 3.8) is 0 Å². The van der Waals surface area contributed by atoms with Crippen LogP contribution in [-0.2, 0) is 0 Å². The molecule has 4 nitrogen and oxygen atoms in total. The monoisotopic (exact) mass is 412 g/mol. The van der Waals surface area contributed by atoms with E-state index < -0.39 is 5.97 Å². The molecule has 4 rings (SSSR count). The Morgan fingerprint density at radius 3 is 2.63 bits per heavy atom. The van der Waals surface area contributed by atoms with E-state index in [4.69, 9.17) is 11.6 Å². The molecule has 30 heavy (non-hydrogen) atoms. The number of hydrogen-bond donors (Lipinski definition) is 1. The quantitative estimate of drug-likeness (QED) is 0.380. The molecule has 4 aromatic rings. The smallest absolute Gasteiger partial charge is 0.336 e. The Labute approximate surface area is 178 Å². The van der Waals surface area contributed by atoms with E-state index in [0.29, 0.717) is 10.6 Å². The summed E-state index contributed by atoms with van der Waals surface area (Å²) in [5, 5.41) is 11.0. The third-order valence-electron chi connectivity index (χ3n) is 4.54. The third kappa shape index (κ3) is 4.62. The minimum absolute atomic E-state index is 0.222. The van der Waals surface area contributed by atoms with Crippen molar-refractivity contribution in [2.24, 2.45) is 4.99 Å². The largest absolute Gasteiger partial charge is 0.478 e. The van der Waals surface area contributed by atoms with Crippen LogP contribution in [-0.4, -0.2) is 22.3 Å². The van der Waals surface area contributed by atoms with Gasteiger partial charge in [-0.3, -0.25) is 4.99 Å². The van der Waals surface area contributed by atoms with Gasteiger partial charge < -0.3 is 5.11 Å². The molecule has 0 aliphatic carbocycles. The van der Waals surface area contributed by atoms with E-state index in [2.05, 4.69) is 9.98 Å². The fourth-order valence-electron chi connectivity index (χ4n) is 3.04. The van der Waals surface area contributed by atoms with Gasteiger partial charge in [-0.05, 0) is 48.0 Å². The second-order valence-electron chi connectivity index (χ2n) is 6.65. The minimum atomic E-state index is -0.974. The number of carboxylic acid groups (broad SMARTS) is 1. The number of aromatic nitrogens is 1. The molecule has 0 atom stereocenters. The molecule has 0 spiro atoms. The highest BCUT2D eigenvalue weighted by Gasteiger charge is 2.06. The fourth-order valence-corrected chi connectivity index (χ4v) is 3.20. The van der Waals surface area contributed by atoms with Gasteiger partial charge in [0, 0.05) is 22.2 Å². The molecule has 0 fully saturated rings. The molecule has 1 N–H and O–H groups in total. The number of pyridine rings is 1. The Kier molecular flexibility index (Phi) is 5.68. The van der Waals surface area contributed by atoms with E-state index >= 15 is 0 Å². The number of carboxylic acids is 1. The van der Waals surface area contributed by atoms with Crippen LogP contribution in [0.2, 0.25) is 5.02 Å². The fraction of sp³-hybridized carbons (Fsp3) is 0. The molecule has 5 heteroatoms. The molecule has 0 saturated carbocycles. The van der Waals surface area contributed by atoms with Gasteiger partial charge in [0.1, 0.15) is 0 Å². The Balaban J connectivity index is 1.56. The molecule has 1 heterocycles. The van der Waals surface area contributed by atoms with Crippen molar-refractivity contribution in [1.82, 2.24) is 4.98 Å². The Hall–Kier alpha value is -3.76. The zero-order valence-electron chi connectivity index (χ0n) is 15.9. The maximum Gasteiger partial charge on any atom is 0.336 e. The topological polar surface area (TPSA) is 62.5 Å². The number of fused-ring (bicyclic) bond motifs is 1. The molecule has 0 unspecified atom stereocenters. The van der Waals surface area contributed by atoms with Crippen LogP contribution in [0.4, 0.5) is 5.69 Å². The molecule has 3 aromatic carbocycles. The molecular formula is C25H17ClN2O2. The van der Waals surface area contributed by atoms with Crippen molar-refractivity contribution in [3.05, 3.63) is 106 Å². The number of aliphatic imine (C=N–C) groups is 1. The van der Waals surface area contributed by atoms with Gasteiger partial charge in [0.25, 0.3) is 0 Å². The second-order valence-corrected chi connectivity index (χ2v) is 7.09. The van der Waals surface area contributed by atoms with Gasteiger partial charge in [-0.1, -0.05) is 60.1 Å². The lowest BCUT2D eigenvalue weighted by atomic mass is 10.1. The summed E-state index contributed by atoms with van der Waals surface area (Å²) in [5.41, 5.74) is 4.15. The highest BCUT2D eigenvalue weighted by atomic mass is 35.5. The second kappa shape index (κ2) is 8.72. The van der Waals surface area contributed by atoms with Gasteiger partial charge in [0.2, 0.25) is 0 Å². The lowest BCUT2D eigenvalue weighted by molar-refractivity contribution is 0.0697. The average Bonchev–Trinajstić information content (AvgIpc) is 2.76. The molecular weight excluding hydrogens is 396 g/mol. The van der Waals surface area contributed by atoms with E-state index in [1.54, 1.807) is 30.5 Å². The van der Waals surface area contributed by atoms with E-state index in [0.717, 1.165) is 27.8 Å². The minimum Gasteiger partial charge on any atom is -0.478 e. The van der Waals surface area contributed by atoms with Crippen LogP contribution in [0.25, 0.3) is 23.1 Å². The number of rotatable bonds is 5. The highest BCUT2D eigenvalue weighted by Crippen LogP contribution is 2.20. The predicted octanol–water partition coefficient (Wildman–Crippen LogP) is 6.51. The Morgan fingerprint density at radius 2 is 1.77 bits per heavy atom. The summed E-state index contributed by atoms with van der Waals surface area (Å²) in [6, 6.07) is 24.1. The number of halogens is 1. The molecule has 0 radical (unpaired) electrons. The van der Waals surface area contributed by atoms with Crippen molar-refractivity contribution in [3.8, 4) is 0 Å². The van der Waals surface area contributed by atoms with Gasteiger partial charge in [-0.25, -0.2) is 9.78 Å². The summed E-state index contributed by atoms with van der Waals surface area (Å²) >= 11 is 6.06. The van der Waals surface area contributed by atoms with Gasteiger partial charge in [-0.15, -0.1) is 0 Å². The number of benzene rings is 3. The number of aromatic carboxylic acids is 1. The van der Waals surface area contributed by atoms with Crippen molar-refractivity contribution in [1.29, 1.82) is 0 Å². The Bertz CT molecular complexity index is 1300. The van der Waals surface area contributed by atoms with E-state index in [1.165, 1.54) is 0 Å². The maximum absolute atomic E-state index is 11.3. The van der Waals surface area contributed by atoms with Crippen LogP contribution < -0.4 is 0 Å². The van der Waals surface area contributed by atoms with Crippen LogP contribution >= 0.6 is 11.6 Å². The van der Waals surface area contributed by atoms with E-state index in [1.807, 2.05) is 66.7 Å². The van der Waals surface area contributed by atoms with E-state index in [-0.39, 0.29) is 5.56 Å². The predicted molar refractivity (Wildman–Crippen MR) is 123 cm³/mol. The van der Waals surface area contributed by atoms with Crippen LogP contribution in [0.5, 0.6) is 0 Å². The molecule has 0 saturated heterocycles. The first-order valence-electron chi connectivity index (χ1n) is 9.29. The molecule has 146 valence electrons. The summed E-state index contributed by atoms with van der Waals surface area (Å²) in [5.74, 6) is -0.974. The van der Waals surface area contributed by atoms with Gasteiger partial charge in [0.05, 0.1) is 22.5 Å². The number of hydrogen-bond acceptors (Lipinski definition) is 3. The SMILES string of the molecule is O=C(O)c1ccccc1/C=N/c1cccc(C=Cc2ccc3ccc(Cl)cc3n2)c1. The van der Waals surface area contributed by atoms with Gasteiger partial charge >= 0.3 is 5.97 Å². The first-order chi connectivity index (χ1) is 14.6. The first kappa shape index (κ1) is 19.6. The van der Waals surface area contributed by atoms with Gasteiger partial charge in [-0.2, -0.15) is 0 Å². The molecule has 0 aliphatic rings.